The van der Waals surface area contributed by atoms with E-state index < -0.39 is 21.3 Å². The molecule has 4 rings (SSSR count). The number of hydrogen-bond donors (Lipinski definition) is 0. The molecule has 0 bridgehead atoms. The standard InChI is InChI=1S/C25H23NO4S/c1-18(28)26-23(20-9-4-3-5-10-20)15-25(2,24(26)16-27)17-31(29,30)22-13-12-19-8-6-7-11-21(19)14-22/h3-16,24H,17H2,1-2H3. The minimum Gasteiger partial charge on any atom is -0.301 e. The molecule has 0 spiro atoms. The summed E-state index contributed by atoms with van der Waals surface area (Å²) in [6.45, 7) is 3.10. The molecule has 2 unspecified atom stereocenters. The molecular formula is C25H23NO4S. The molecule has 3 aromatic rings. The van der Waals surface area contributed by atoms with E-state index in [9.17, 15) is 18.0 Å². The second kappa shape index (κ2) is 7.78. The first-order chi connectivity index (χ1) is 14.7. The first kappa shape index (κ1) is 21.0. The van der Waals surface area contributed by atoms with Crippen LogP contribution in [0.5, 0.6) is 0 Å². The van der Waals surface area contributed by atoms with E-state index in [0.717, 1.165) is 16.3 Å². The van der Waals surface area contributed by atoms with Crippen LogP contribution in [0, 0.1) is 5.41 Å². The summed E-state index contributed by atoms with van der Waals surface area (Å²) in [6, 6.07) is 20.9. The molecule has 1 heterocycles. The van der Waals surface area contributed by atoms with Crippen LogP contribution in [0.25, 0.3) is 16.5 Å². The Hall–Kier alpha value is -3.25. The lowest BCUT2D eigenvalue weighted by atomic mass is 9.86. The quantitative estimate of drug-likeness (QED) is 0.568. The molecule has 0 aliphatic carbocycles. The van der Waals surface area contributed by atoms with Crippen LogP contribution in [0.1, 0.15) is 19.4 Å². The number of sulfone groups is 1. The molecule has 158 valence electrons. The zero-order valence-corrected chi connectivity index (χ0v) is 18.2. The Balaban J connectivity index is 1.78. The number of amides is 1. The van der Waals surface area contributed by atoms with Crippen LogP contribution in [0.3, 0.4) is 0 Å². The molecule has 0 saturated heterocycles. The fourth-order valence-corrected chi connectivity index (χ4v) is 6.13. The van der Waals surface area contributed by atoms with Crippen molar-refractivity contribution in [3.8, 4) is 0 Å². The highest BCUT2D eigenvalue weighted by atomic mass is 32.2. The van der Waals surface area contributed by atoms with Gasteiger partial charge in [0.25, 0.3) is 0 Å². The number of fused-ring (bicyclic) bond motifs is 1. The molecule has 2 atom stereocenters. The molecule has 31 heavy (non-hydrogen) atoms. The zero-order chi connectivity index (χ0) is 22.2. The van der Waals surface area contributed by atoms with Crippen LogP contribution < -0.4 is 0 Å². The maximum atomic E-state index is 13.4. The number of carbonyl (C=O) groups is 2. The number of benzene rings is 3. The molecule has 6 heteroatoms. The van der Waals surface area contributed by atoms with Crippen molar-refractivity contribution in [1.82, 2.24) is 4.90 Å². The minimum atomic E-state index is -3.73. The van der Waals surface area contributed by atoms with Crippen molar-refractivity contribution in [3.05, 3.63) is 84.4 Å². The largest absolute Gasteiger partial charge is 0.301 e. The second-order valence-corrected chi connectivity index (χ2v) is 10.1. The molecule has 0 radical (unpaired) electrons. The summed E-state index contributed by atoms with van der Waals surface area (Å²) in [5, 5.41) is 1.78. The number of carbonyl (C=O) groups excluding carboxylic acids is 2. The van der Waals surface area contributed by atoms with Crippen molar-refractivity contribution in [1.29, 1.82) is 0 Å². The van der Waals surface area contributed by atoms with Crippen LogP contribution in [0.2, 0.25) is 0 Å². The van der Waals surface area contributed by atoms with E-state index in [1.807, 2.05) is 54.6 Å². The summed E-state index contributed by atoms with van der Waals surface area (Å²) in [4.78, 5) is 26.1. The number of hydrogen-bond acceptors (Lipinski definition) is 4. The molecule has 1 aliphatic heterocycles. The molecule has 3 aromatic carbocycles. The SMILES string of the molecule is CC(=O)N1C(c2ccccc2)=CC(C)(CS(=O)(=O)c2ccc3ccccc3c2)C1C=O. The number of nitrogens with zero attached hydrogens (tertiary/aromatic N) is 1. The van der Waals surface area contributed by atoms with Gasteiger partial charge < -0.3 is 9.69 Å². The summed E-state index contributed by atoms with van der Waals surface area (Å²) < 4.78 is 26.7. The second-order valence-electron chi connectivity index (χ2n) is 8.14. The highest BCUT2D eigenvalue weighted by molar-refractivity contribution is 7.91. The molecular weight excluding hydrogens is 410 g/mol. The summed E-state index contributed by atoms with van der Waals surface area (Å²) in [5.74, 6) is -0.596. The van der Waals surface area contributed by atoms with Gasteiger partial charge in [-0.3, -0.25) is 4.79 Å². The van der Waals surface area contributed by atoms with Gasteiger partial charge in [-0.15, -0.1) is 0 Å². The van der Waals surface area contributed by atoms with E-state index in [2.05, 4.69) is 0 Å². The van der Waals surface area contributed by atoms with Crippen LogP contribution in [0.4, 0.5) is 0 Å². The molecule has 0 aromatic heterocycles. The first-order valence-corrected chi connectivity index (χ1v) is 11.7. The summed E-state index contributed by atoms with van der Waals surface area (Å²) in [6.07, 6.45) is 2.42. The minimum absolute atomic E-state index is 0.202. The van der Waals surface area contributed by atoms with Crippen LogP contribution in [-0.2, 0) is 19.4 Å². The third-order valence-corrected chi connectivity index (χ3v) is 7.77. The maximum Gasteiger partial charge on any atom is 0.224 e. The third-order valence-electron chi connectivity index (χ3n) is 5.80. The normalized spacial score (nSPS) is 21.2. The van der Waals surface area contributed by atoms with E-state index in [1.54, 1.807) is 31.2 Å². The summed E-state index contributed by atoms with van der Waals surface area (Å²) in [7, 11) is -3.73. The van der Waals surface area contributed by atoms with Crippen molar-refractivity contribution >= 4 is 38.5 Å². The lowest BCUT2D eigenvalue weighted by Crippen LogP contribution is -2.45. The van der Waals surface area contributed by atoms with Gasteiger partial charge >= 0.3 is 0 Å². The Labute approximate surface area is 181 Å². The third kappa shape index (κ3) is 3.79. The average Bonchev–Trinajstić information content (AvgIpc) is 3.05. The van der Waals surface area contributed by atoms with Gasteiger partial charge in [-0.05, 0) is 28.5 Å². The maximum absolute atomic E-state index is 13.4. The van der Waals surface area contributed by atoms with Gasteiger partial charge in [0, 0.05) is 18.0 Å². The number of rotatable bonds is 5. The van der Waals surface area contributed by atoms with Gasteiger partial charge in [0.15, 0.2) is 9.84 Å². The predicted octanol–water partition coefficient (Wildman–Crippen LogP) is 4.09. The fourth-order valence-electron chi connectivity index (χ4n) is 4.31. The van der Waals surface area contributed by atoms with Gasteiger partial charge in [0.1, 0.15) is 12.3 Å². The number of aldehydes is 1. The lowest BCUT2D eigenvalue weighted by molar-refractivity contribution is -0.131. The van der Waals surface area contributed by atoms with Crippen LogP contribution in [0.15, 0.2) is 83.8 Å². The lowest BCUT2D eigenvalue weighted by Gasteiger charge is -2.32. The van der Waals surface area contributed by atoms with Crippen LogP contribution in [-0.4, -0.2) is 37.3 Å². The Morgan fingerprint density at radius 3 is 2.29 bits per heavy atom. The van der Waals surface area contributed by atoms with Gasteiger partial charge in [-0.1, -0.05) is 73.7 Å². The monoisotopic (exact) mass is 433 g/mol. The smallest absolute Gasteiger partial charge is 0.224 e. The topological polar surface area (TPSA) is 71.5 Å². The Kier molecular flexibility index (Phi) is 5.27. The molecule has 0 fully saturated rings. The molecule has 0 N–H and O–H groups in total. The van der Waals surface area contributed by atoms with Crippen molar-refractivity contribution in [2.24, 2.45) is 5.41 Å². The van der Waals surface area contributed by atoms with Crippen LogP contribution >= 0.6 is 0 Å². The molecule has 1 amide bonds. The molecule has 1 aliphatic rings. The van der Waals surface area contributed by atoms with E-state index in [4.69, 9.17) is 0 Å². The van der Waals surface area contributed by atoms with Crippen molar-refractivity contribution in [2.45, 2.75) is 24.8 Å². The fraction of sp³-hybridized carbons (Fsp3) is 0.200. The van der Waals surface area contributed by atoms with Gasteiger partial charge in [-0.2, -0.15) is 0 Å². The van der Waals surface area contributed by atoms with E-state index in [-0.39, 0.29) is 16.6 Å². The summed E-state index contributed by atoms with van der Waals surface area (Å²) in [5.41, 5.74) is 0.251. The first-order valence-electron chi connectivity index (χ1n) is 10.0. The van der Waals surface area contributed by atoms with Gasteiger partial charge in [0.05, 0.1) is 10.6 Å². The van der Waals surface area contributed by atoms with Gasteiger partial charge in [0.2, 0.25) is 5.91 Å². The highest BCUT2D eigenvalue weighted by Crippen LogP contribution is 2.43. The predicted molar refractivity (Wildman–Crippen MR) is 121 cm³/mol. The van der Waals surface area contributed by atoms with Crippen molar-refractivity contribution in [3.63, 3.8) is 0 Å². The average molecular weight is 434 g/mol. The van der Waals surface area contributed by atoms with E-state index in [0.29, 0.717) is 12.0 Å². The highest BCUT2D eigenvalue weighted by Gasteiger charge is 2.48. The van der Waals surface area contributed by atoms with Gasteiger partial charge in [-0.25, -0.2) is 8.42 Å². The van der Waals surface area contributed by atoms with E-state index in [1.165, 1.54) is 11.8 Å². The van der Waals surface area contributed by atoms with E-state index >= 15 is 0 Å². The van der Waals surface area contributed by atoms with Crippen molar-refractivity contribution < 1.29 is 18.0 Å². The Morgan fingerprint density at radius 2 is 1.65 bits per heavy atom. The Morgan fingerprint density at radius 1 is 1.00 bits per heavy atom. The molecule has 5 nitrogen and oxygen atoms in total. The zero-order valence-electron chi connectivity index (χ0n) is 17.4. The van der Waals surface area contributed by atoms with Crippen molar-refractivity contribution in [2.75, 3.05) is 5.75 Å². The molecule has 0 saturated carbocycles. The summed E-state index contributed by atoms with van der Waals surface area (Å²) >= 11 is 0. The Bertz CT molecular complexity index is 1300.